The van der Waals surface area contributed by atoms with Crippen LogP contribution in [0.1, 0.15) is 29.8 Å². The number of aromatic nitrogens is 1. The molecule has 0 saturated heterocycles. The minimum absolute atomic E-state index is 0.0228. The highest BCUT2D eigenvalue weighted by atomic mass is 32.1. The van der Waals surface area contributed by atoms with Crippen molar-refractivity contribution in [2.24, 2.45) is 0 Å². The van der Waals surface area contributed by atoms with Gasteiger partial charge in [0, 0.05) is 18.5 Å². The van der Waals surface area contributed by atoms with Gasteiger partial charge in [-0.1, -0.05) is 25.1 Å². The fraction of sp³-hybridized carbons (Fsp3) is 0.368. The van der Waals surface area contributed by atoms with Crippen molar-refractivity contribution in [2.75, 3.05) is 20.1 Å². The van der Waals surface area contributed by atoms with Crippen molar-refractivity contribution in [2.45, 2.75) is 26.4 Å². The number of likely N-dealkylation sites (N-methyl/N-ethyl adjacent to an activating group) is 2. The monoisotopic (exact) mass is 373 g/mol. The number of carbonyl (C=O) groups is 1. The first kappa shape index (κ1) is 18.0. The molecule has 2 heterocycles. The summed E-state index contributed by atoms with van der Waals surface area (Å²) in [6.45, 7) is 6.25. The molecule has 0 aliphatic heterocycles. The van der Waals surface area contributed by atoms with Crippen LogP contribution >= 0.6 is 22.7 Å². The van der Waals surface area contributed by atoms with E-state index in [0.717, 1.165) is 28.3 Å². The quantitative estimate of drug-likeness (QED) is 0.616. The topological polar surface area (TPSA) is 36.4 Å². The lowest BCUT2D eigenvalue weighted by Gasteiger charge is -2.27. The Morgan fingerprint density at radius 1 is 1.24 bits per heavy atom. The van der Waals surface area contributed by atoms with Gasteiger partial charge in [-0.05, 0) is 37.0 Å². The molecule has 0 aliphatic rings. The van der Waals surface area contributed by atoms with Crippen LogP contribution in [-0.4, -0.2) is 40.8 Å². The summed E-state index contributed by atoms with van der Waals surface area (Å²) in [6.07, 6.45) is 0. The van der Waals surface area contributed by atoms with Gasteiger partial charge in [0.1, 0.15) is 5.01 Å². The number of benzene rings is 1. The Hall–Kier alpha value is -1.76. The number of hydrogen-bond donors (Lipinski definition) is 0. The van der Waals surface area contributed by atoms with Gasteiger partial charge in [-0.15, -0.1) is 22.7 Å². The maximum atomic E-state index is 12.7. The highest BCUT2D eigenvalue weighted by Gasteiger charge is 2.22. The molecule has 1 atom stereocenters. The molecular formula is C19H23N3OS2. The van der Waals surface area contributed by atoms with Crippen molar-refractivity contribution in [1.29, 1.82) is 0 Å². The van der Waals surface area contributed by atoms with Crippen LogP contribution < -0.4 is 0 Å². The van der Waals surface area contributed by atoms with Gasteiger partial charge in [-0.25, -0.2) is 4.98 Å². The summed E-state index contributed by atoms with van der Waals surface area (Å²) in [7, 11) is 1.87. The highest BCUT2D eigenvalue weighted by Crippen LogP contribution is 2.28. The van der Waals surface area contributed by atoms with Crippen molar-refractivity contribution in [3.8, 4) is 0 Å². The molecular weight excluding hydrogens is 350 g/mol. The molecule has 0 unspecified atom stereocenters. The first-order valence-electron chi connectivity index (χ1n) is 8.44. The molecule has 25 heavy (non-hydrogen) atoms. The number of rotatable bonds is 7. The van der Waals surface area contributed by atoms with Crippen LogP contribution in [0.2, 0.25) is 0 Å². The van der Waals surface area contributed by atoms with Gasteiger partial charge in [0.05, 0.1) is 22.8 Å². The summed E-state index contributed by atoms with van der Waals surface area (Å²) in [5.41, 5.74) is 1.00. The molecule has 0 bridgehead atoms. The summed E-state index contributed by atoms with van der Waals surface area (Å²) in [5, 5.41) is 3.06. The minimum Gasteiger partial charge on any atom is -0.335 e. The fourth-order valence-electron chi connectivity index (χ4n) is 2.66. The van der Waals surface area contributed by atoms with Crippen molar-refractivity contribution in [3.63, 3.8) is 0 Å². The van der Waals surface area contributed by atoms with Crippen LogP contribution in [0.15, 0.2) is 41.8 Å². The Labute approximate surface area is 156 Å². The van der Waals surface area contributed by atoms with E-state index in [4.69, 9.17) is 0 Å². The van der Waals surface area contributed by atoms with Crippen molar-refractivity contribution < 1.29 is 4.79 Å². The SMILES string of the molecule is CCN(CC(=O)N(C)[C@H](C)c1nc2ccccc2s1)Cc1cccs1. The molecule has 0 radical (unpaired) electrons. The molecule has 1 aromatic carbocycles. The summed E-state index contributed by atoms with van der Waals surface area (Å²) in [4.78, 5) is 22.7. The van der Waals surface area contributed by atoms with Crippen LogP contribution in [0.4, 0.5) is 0 Å². The minimum atomic E-state index is -0.0228. The Balaban J connectivity index is 1.65. The van der Waals surface area contributed by atoms with Crippen molar-refractivity contribution in [1.82, 2.24) is 14.8 Å². The maximum Gasteiger partial charge on any atom is 0.237 e. The zero-order valence-corrected chi connectivity index (χ0v) is 16.4. The number of nitrogens with zero attached hydrogens (tertiary/aromatic N) is 3. The molecule has 3 rings (SSSR count). The number of fused-ring (bicyclic) bond motifs is 1. The van der Waals surface area contributed by atoms with Crippen LogP contribution in [0.3, 0.4) is 0 Å². The van der Waals surface area contributed by atoms with E-state index in [-0.39, 0.29) is 11.9 Å². The second-order valence-electron chi connectivity index (χ2n) is 6.08. The third kappa shape index (κ3) is 4.26. The second kappa shape index (κ2) is 8.08. The number of thiazole rings is 1. The molecule has 0 aliphatic carbocycles. The van der Waals surface area contributed by atoms with E-state index >= 15 is 0 Å². The average molecular weight is 374 g/mol. The third-order valence-corrected chi connectivity index (χ3v) is 6.48. The predicted molar refractivity (Wildman–Crippen MR) is 106 cm³/mol. The van der Waals surface area contributed by atoms with Gasteiger partial charge in [-0.2, -0.15) is 0 Å². The van der Waals surface area contributed by atoms with Crippen molar-refractivity contribution in [3.05, 3.63) is 51.7 Å². The Kier molecular flexibility index (Phi) is 5.83. The molecule has 0 spiro atoms. The Morgan fingerprint density at radius 3 is 2.72 bits per heavy atom. The number of amides is 1. The standard InChI is InChI=1S/C19H23N3OS2/c1-4-22(12-15-8-7-11-24-15)13-18(23)21(3)14(2)19-20-16-9-5-6-10-17(16)25-19/h5-11,14H,4,12-13H2,1-3H3/t14-/m1/s1. The first-order valence-corrected chi connectivity index (χ1v) is 10.1. The van der Waals surface area contributed by atoms with Gasteiger partial charge in [0.25, 0.3) is 0 Å². The lowest BCUT2D eigenvalue weighted by atomic mass is 10.3. The Bertz CT molecular complexity index is 795. The van der Waals surface area contributed by atoms with E-state index in [1.807, 2.05) is 37.1 Å². The number of carbonyl (C=O) groups excluding carboxylic acids is 1. The van der Waals surface area contributed by atoms with Crippen LogP contribution in [0, 0.1) is 0 Å². The van der Waals surface area contributed by atoms with Gasteiger partial charge in [0.2, 0.25) is 5.91 Å². The molecule has 6 heteroatoms. The smallest absolute Gasteiger partial charge is 0.237 e. The lowest BCUT2D eigenvalue weighted by Crippen LogP contribution is -2.39. The Morgan fingerprint density at radius 2 is 2.04 bits per heavy atom. The second-order valence-corrected chi connectivity index (χ2v) is 8.18. The molecule has 0 fully saturated rings. The number of thiophene rings is 1. The van der Waals surface area contributed by atoms with Crippen LogP contribution in [0.5, 0.6) is 0 Å². The molecule has 0 saturated carbocycles. The zero-order valence-electron chi connectivity index (χ0n) is 14.8. The largest absolute Gasteiger partial charge is 0.335 e. The first-order chi connectivity index (χ1) is 12.1. The van der Waals surface area contributed by atoms with Gasteiger partial charge >= 0.3 is 0 Å². The average Bonchev–Trinajstić information content (AvgIpc) is 3.28. The molecule has 3 aromatic rings. The predicted octanol–water partition coefficient (Wildman–Crippen LogP) is 4.40. The molecule has 1 amide bonds. The van der Waals surface area contributed by atoms with Crippen LogP contribution in [-0.2, 0) is 11.3 Å². The fourth-order valence-corrected chi connectivity index (χ4v) is 4.46. The van der Waals surface area contributed by atoms with Gasteiger partial charge in [0.15, 0.2) is 0 Å². The molecule has 132 valence electrons. The maximum absolute atomic E-state index is 12.7. The summed E-state index contributed by atoms with van der Waals surface area (Å²) < 4.78 is 1.16. The molecule has 4 nitrogen and oxygen atoms in total. The molecule has 0 N–H and O–H groups in total. The van der Waals surface area contributed by atoms with E-state index < -0.39 is 0 Å². The summed E-state index contributed by atoms with van der Waals surface area (Å²) >= 11 is 3.40. The summed E-state index contributed by atoms with van der Waals surface area (Å²) in [6, 6.07) is 12.3. The van der Waals surface area contributed by atoms with Gasteiger partial charge in [-0.3, -0.25) is 9.69 Å². The van der Waals surface area contributed by atoms with Crippen molar-refractivity contribution >= 4 is 38.8 Å². The van der Waals surface area contributed by atoms with E-state index in [1.165, 1.54) is 4.88 Å². The molecule has 2 aromatic heterocycles. The lowest BCUT2D eigenvalue weighted by molar-refractivity contribution is -0.133. The van der Waals surface area contributed by atoms with Gasteiger partial charge < -0.3 is 4.90 Å². The van der Waals surface area contributed by atoms with E-state index in [1.54, 1.807) is 22.7 Å². The normalized spacial score (nSPS) is 12.6. The third-order valence-electron chi connectivity index (χ3n) is 4.41. The highest BCUT2D eigenvalue weighted by molar-refractivity contribution is 7.18. The zero-order chi connectivity index (χ0) is 17.8. The van der Waals surface area contributed by atoms with E-state index in [9.17, 15) is 4.79 Å². The number of hydrogen-bond acceptors (Lipinski definition) is 5. The van der Waals surface area contributed by atoms with E-state index in [2.05, 4.69) is 40.4 Å². The summed E-state index contributed by atoms with van der Waals surface area (Å²) in [5.74, 6) is 0.130. The van der Waals surface area contributed by atoms with Crippen LogP contribution in [0.25, 0.3) is 10.2 Å². The number of para-hydroxylation sites is 1. The van der Waals surface area contributed by atoms with E-state index in [0.29, 0.717) is 6.54 Å².